The largest absolute Gasteiger partial charge is 0.496 e. The van der Waals surface area contributed by atoms with Crippen LogP contribution in [0.1, 0.15) is 24.4 Å². The molecule has 156 valence electrons. The zero-order valence-electron chi connectivity index (χ0n) is 17.3. The van der Waals surface area contributed by atoms with E-state index < -0.39 is 0 Å². The zero-order chi connectivity index (χ0) is 19.0. The molecule has 5 unspecified atom stereocenters. The normalized spacial score (nSPS) is 29.6. The van der Waals surface area contributed by atoms with Crippen LogP contribution >= 0.6 is 24.0 Å². The molecule has 3 heterocycles. The number of methoxy groups -OCH3 is 1. The SMILES string of the molecule is CN=C(NCC(c1ccccc1OC)N(C)C)N1CC2C3CCC(O3)C2C1.I. The first-order valence-electron chi connectivity index (χ1n) is 10.0. The number of likely N-dealkylation sites (N-methyl/N-ethyl adjacent to an activating group) is 1. The predicted molar refractivity (Wildman–Crippen MR) is 123 cm³/mol. The van der Waals surface area contributed by atoms with Gasteiger partial charge in [-0.25, -0.2) is 0 Å². The van der Waals surface area contributed by atoms with Gasteiger partial charge in [0.15, 0.2) is 5.96 Å². The van der Waals surface area contributed by atoms with Crippen LogP contribution in [0.25, 0.3) is 0 Å². The number of likely N-dealkylation sites (tertiary alicyclic amines) is 1. The minimum Gasteiger partial charge on any atom is -0.496 e. The predicted octanol–water partition coefficient (Wildman–Crippen LogP) is 2.60. The smallest absolute Gasteiger partial charge is 0.193 e. The highest BCUT2D eigenvalue weighted by atomic mass is 127. The third-order valence-electron chi connectivity index (χ3n) is 6.54. The van der Waals surface area contributed by atoms with Crippen molar-refractivity contribution >= 4 is 29.9 Å². The number of hydrogen-bond acceptors (Lipinski definition) is 4. The highest BCUT2D eigenvalue weighted by molar-refractivity contribution is 14.0. The van der Waals surface area contributed by atoms with E-state index in [1.165, 1.54) is 18.4 Å². The summed E-state index contributed by atoms with van der Waals surface area (Å²) in [7, 11) is 7.83. The van der Waals surface area contributed by atoms with E-state index in [1.54, 1.807) is 7.11 Å². The second kappa shape index (κ2) is 9.17. The lowest BCUT2D eigenvalue weighted by atomic mass is 9.82. The molecular formula is C21H33IN4O2. The van der Waals surface area contributed by atoms with Gasteiger partial charge in [-0.3, -0.25) is 4.99 Å². The monoisotopic (exact) mass is 500 g/mol. The van der Waals surface area contributed by atoms with E-state index in [2.05, 4.69) is 46.3 Å². The quantitative estimate of drug-likeness (QED) is 0.383. The summed E-state index contributed by atoms with van der Waals surface area (Å²) in [5, 5.41) is 3.62. The first-order valence-corrected chi connectivity index (χ1v) is 10.0. The van der Waals surface area contributed by atoms with E-state index in [0.29, 0.717) is 24.0 Å². The fraction of sp³-hybridized carbons (Fsp3) is 0.667. The Kier molecular flexibility index (Phi) is 7.09. The molecule has 6 nitrogen and oxygen atoms in total. The van der Waals surface area contributed by atoms with Gasteiger partial charge in [-0.05, 0) is 33.0 Å². The van der Waals surface area contributed by atoms with E-state index in [4.69, 9.17) is 9.47 Å². The first kappa shape index (κ1) is 21.6. The van der Waals surface area contributed by atoms with Gasteiger partial charge < -0.3 is 24.6 Å². The number of nitrogens with one attached hydrogen (secondary N) is 1. The molecule has 1 N–H and O–H groups in total. The highest BCUT2D eigenvalue weighted by Gasteiger charge is 2.53. The van der Waals surface area contributed by atoms with Gasteiger partial charge in [0, 0.05) is 44.1 Å². The molecule has 5 atom stereocenters. The molecule has 0 amide bonds. The number of halogens is 1. The van der Waals surface area contributed by atoms with Crippen molar-refractivity contribution < 1.29 is 9.47 Å². The van der Waals surface area contributed by atoms with Crippen molar-refractivity contribution in [2.75, 3.05) is 47.9 Å². The maximum Gasteiger partial charge on any atom is 0.193 e. The summed E-state index contributed by atoms with van der Waals surface area (Å²) >= 11 is 0. The van der Waals surface area contributed by atoms with Crippen molar-refractivity contribution in [3.8, 4) is 5.75 Å². The van der Waals surface area contributed by atoms with E-state index in [1.807, 2.05) is 19.2 Å². The number of rotatable bonds is 5. The Morgan fingerprint density at radius 2 is 1.89 bits per heavy atom. The molecule has 3 saturated heterocycles. The molecule has 0 aromatic heterocycles. The maximum atomic E-state index is 6.11. The summed E-state index contributed by atoms with van der Waals surface area (Å²) in [5.41, 5.74) is 1.19. The molecule has 0 aliphatic carbocycles. The minimum absolute atomic E-state index is 0. The van der Waals surface area contributed by atoms with Gasteiger partial charge in [-0.15, -0.1) is 24.0 Å². The van der Waals surface area contributed by atoms with Crippen molar-refractivity contribution in [2.24, 2.45) is 16.8 Å². The maximum absolute atomic E-state index is 6.11. The lowest BCUT2D eigenvalue weighted by molar-refractivity contribution is 0.0766. The van der Waals surface area contributed by atoms with Crippen molar-refractivity contribution in [3.63, 3.8) is 0 Å². The van der Waals surface area contributed by atoms with Crippen molar-refractivity contribution in [1.82, 2.24) is 15.1 Å². The Morgan fingerprint density at radius 3 is 2.46 bits per heavy atom. The van der Waals surface area contributed by atoms with Crippen LogP contribution < -0.4 is 10.1 Å². The number of nitrogens with zero attached hydrogens (tertiary/aromatic N) is 3. The summed E-state index contributed by atoms with van der Waals surface area (Å²) < 4.78 is 11.7. The second-order valence-corrected chi connectivity index (χ2v) is 8.17. The lowest BCUT2D eigenvalue weighted by Crippen LogP contribution is -2.44. The minimum atomic E-state index is 0. The first-order chi connectivity index (χ1) is 13.1. The number of benzene rings is 1. The molecule has 7 heteroatoms. The van der Waals surface area contributed by atoms with E-state index in [-0.39, 0.29) is 30.0 Å². The van der Waals surface area contributed by atoms with Gasteiger partial charge in [0.1, 0.15) is 5.75 Å². The van der Waals surface area contributed by atoms with Gasteiger partial charge >= 0.3 is 0 Å². The van der Waals surface area contributed by atoms with E-state index >= 15 is 0 Å². The number of hydrogen-bond donors (Lipinski definition) is 1. The van der Waals surface area contributed by atoms with Crippen molar-refractivity contribution in [1.29, 1.82) is 0 Å². The molecule has 28 heavy (non-hydrogen) atoms. The molecule has 0 spiro atoms. The third-order valence-corrected chi connectivity index (χ3v) is 6.54. The molecular weight excluding hydrogens is 467 g/mol. The number of guanidine groups is 1. The van der Waals surface area contributed by atoms with Crippen LogP contribution in [0.3, 0.4) is 0 Å². The van der Waals surface area contributed by atoms with Gasteiger partial charge in [-0.2, -0.15) is 0 Å². The zero-order valence-corrected chi connectivity index (χ0v) is 19.6. The van der Waals surface area contributed by atoms with E-state index in [9.17, 15) is 0 Å². The Bertz CT molecular complexity index is 681. The molecule has 0 radical (unpaired) electrons. The third kappa shape index (κ3) is 3.98. The molecule has 0 saturated carbocycles. The van der Waals surface area contributed by atoms with E-state index in [0.717, 1.165) is 31.3 Å². The van der Waals surface area contributed by atoms with Crippen LogP contribution in [0.4, 0.5) is 0 Å². The average molecular weight is 500 g/mol. The molecule has 2 bridgehead atoms. The Hall–Kier alpha value is -1.06. The van der Waals surface area contributed by atoms with Gasteiger partial charge in [0.25, 0.3) is 0 Å². The van der Waals surface area contributed by atoms with Crippen LogP contribution in [-0.4, -0.2) is 75.9 Å². The summed E-state index contributed by atoms with van der Waals surface area (Å²) in [5.74, 6) is 3.30. The van der Waals surface area contributed by atoms with Crippen LogP contribution in [0.2, 0.25) is 0 Å². The molecule has 3 aliphatic rings. The van der Waals surface area contributed by atoms with Crippen LogP contribution in [-0.2, 0) is 4.74 Å². The molecule has 4 rings (SSSR count). The summed E-state index contributed by atoms with van der Waals surface area (Å²) in [6.45, 7) is 2.91. The Balaban J connectivity index is 0.00000225. The highest BCUT2D eigenvalue weighted by Crippen LogP contribution is 2.47. The summed E-state index contributed by atoms with van der Waals surface area (Å²) in [6.07, 6.45) is 3.43. The fourth-order valence-corrected chi connectivity index (χ4v) is 5.17. The number of fused-ring (bicyclic) bond motifs is 5. The number of aliphatic imine (C=N–C) groups is 1. The molecule has 1 aromatic carbocycles. The summed E-state index contributed by atoms with van der Waals surface area (Å²) in [4.78, 5) is 9.23. The van der Waals surface area contributed by atoms with Gasteiger partial charge in [-0.1, -0.05) is 18.2 Å². The van der Waals surface area contributed by atoms with Gasteiger partial charge in [0.05, 0.1) is 25.4 Å². The molecule has 1 aromatic rings. The van der Waals surface area contributed by atoms with Gasteiger partial charge in [0.2, 0.25) is 0 Å². The number of ether oxygens (including phenoxy) is 2. The molecule has 3 fully saturated rings. The average Bonchev–Trinajstić information content (AvgIpc) is 3.38. The van der Waals surface area contributed by atoms with Crippen molar-refractivity contribution in [3.05, 3.63) is 29.8 Å². The second-order valence-electron chi connectivity index (χ2n) is 8.17. The fourth-order valence-electron chi connectivity index (χ4n) is 5.17. The summed E-state index contributed by atoms with van der Waals surface area (Å²) in [6, 6.07) is 8.46. The number of para-hydroxylation sites is 1. The van der Waals surface area contributed by atoms with Crippen LogP contribution in [0.5, 0.6) is 5.75 Å². The topological polar surface area (TPSA) is 49.3 Å². The van der Waals surface area contributed by atoms with Crippen LogP contribution in [0, 0.1) is 11.8 Å². The van der Waals surface area contributed by atoms with Crippen molar-refractivity contribution in [2.45, 2.75) is 31.1 Å². The Labute approximate surface area is 185 Å². The lowest BCUT2D eigenvalue weighted by Gasteiger charge is -2.29. The Morgan fingerprint density at radius 1 is 1.25 bits per heavy atom. The molecule has 3 aliphatic heterocycles. The standard InChI is InChI=1S/C21H32N4O2.HI/c1-22-21(25-12-15-16(13-25)20-10-9-19(15)27-20)23-11-17(24(2)3)14-7-5-6-8-18(14)26-4;/h5-8,15-17,19-20H,9-13H2,1-4H3,(H,22,23);1H. The van der Waals surface area contributed by atoms with Crippen LogP contribution in [0.15, 0.2) is 29.3 Å².